The van der Waals surface area contributed by atoms with Gasteiger partial charge in [0.2, 0.25) is 17.7 Å². The molecule has 3 amide bonds. The number of thioether (sulfide) groups is 1. The molecule has 3 atom stereocenters. The van der Waals surface area contributed by atoms with Gasteiger partial charge in [-0.25, -0.2) is 0 Å². The predicted octanol–water partition coefficient (Wildman–Crippen LogP) is 3.39. The van der Waals surface area contributed by atoms with E-state index in [0.29, 0.717) is 20.6 Å². The van der Waals surface area contributed by atoms with Crippen LogP contribution in [0.2, 0.25) is 5.02 Å². The second-order valence-corrected chi connectivity index (χ2v) is 10.5. The number of benzene rings is 2. The molecule has 3 unspecified atom stereocenters. The van der Waals surface area contributed by atoms with Crippen LogP contribution in [0.1, 0.15) is 21.9 Å². The highest BCUT2D eigenvalue weighted by molar-refractivity contribution is 8.00. The van der Waals surface area contributed by atoms with Crippen molar-refractivity contribution < 1.29 is 14.4 Å². The first kappa shape index (κ1) is 21.9. The largest absolute Gasteiger partial charge is 0.325 e. The highest BCUT2D eigenvalue weighted by Crippen LogP contribution is 2.51. The molecule has 5 rings (SSSR count). The van der Waals surface area contributed by atoms with Gasteiger partial charge in [-0.3, -0.25) is 29.1 Å². The van der Waals surface area contributed by atoms with E-state index in [1.54, 1.807) is 36.4 Å². The molecule has 2 aliphatic heterocycles. The van der Waals surface area contributed by atoms with Crippen LogP contribution in [0.4, 0.5) is 5.69 Å². The maximum absolute atomic E-state index is 12.9. The number of nitrogens with zero attached hydrogens (tertiary/aromatic N) is 1. The van der Waals surface area contributed by atoms with Gasteiger partial charge >= 0.3 is 4.87 Å². The van der Waals surface area contributed by atoms with Crippen LogP contribution < -0.4 is 15.5 Å². The van der Waals surface area contributed by atoms with E-state index >= 15 is 0 Å². The molecule has 1 fully saturated rings. The van der Waals surface area contributed by atoms with Gasteiger partial charge in [0.25, 0.3) is 0 Å². The first-order valence-corrected chi connectivity index (χ1v) is 12.3. The van der Waals surface area contributed by atoms with Crippen LogP contribution in [0, 0.1) is 12.8 Å². The van der Waals surface area contributed by atoms with Gasteiger partial charge in [0.05, 0.1) is 10.9 Å². The number of carbonyl (C=O) groups excluding carboxylic acids is 3. The Bertz CT molecular complexity index is 1330. The molecule has 0 aliphatic carbocycles. The van der Waals surface area contributed by atoms with Gasteiger partial charge in [-0.1, -0.05) is 64.5 Å². The van der Waals surface area contributed by atoms with Gasteiger partial charge in [-0.2, -0.15) is 0 Å². The molecule has 0 bridgehead atoms. The minimum Gasteiger partial charge on any atom is -0.325 e. The number of anilines is 1. The van der Waals surface area contributed by atoms with Crippen LogP contribution in [0.25, 0.3) is 0 Å². The van der Waals surface area contributed by atoms with Crippen molar-refractivity contribution in [2.45, 2.75) is 29.7 Å². The van der Waals surface area contributed by atoms with Gasteiger partial charge < -0.3 is 5.32 Å². The molecule has 2 aromatic carbocycles. The second kappa shape index (κ2) is 8.48. The molecule has 2 N–H and O–H groups in total. The summed E-state index contributed by atoms with van der Waals surface area (Å²) in [6, 6.07) is 14.4. The number of imide groups is 1. The highest BCUT2D eigenvalue weighted by Gasteiger charge is 2.52. The summed E-state index contributed by atoms with van der Waals surface area (Å²) in [5.41, 5.74) is 2.49. The third-order valence-electron chi connectivity index (χ3n) is 5.75. The van der Waals surface area contributed by atoms with Gasteiger partial charge in [-0.05, 0) is 36.8 Å². The molecule has 10 heteroatoms. The number of amides is 3. The second-order valence-electron chi connectivity index (χ2n) is 7.98. The smallest absolute Gasteiger partial charge is 0.308 e. The Morgan fingerprint density at radius 2 is 1.76 bits per heavy atom. The normalized spacial score (nSPS) is 21.3. The molecular formula is C23H18ClN3O4S2. The van der Waals surface area contributed by atoms with E-state index in [9.17, 15) is 19.2 Å². The molecule has 1 saturated heterocycles. The standard InChI is InChI=1S/C23H18ClN3O4S2/c1-11-2-8-14(9-3-11)25-15(28)10-27-22-19(33-23(27)31)16(12-4-6-13(24)7-5-12)17-18(32-22)21(30)26-20(17)29/h2-9,16-18H,10H2,1H3,(H,25,28)(H,26,29,30). The van der Waals surface area contributed by atoms with Crippen molar-refractivity contribution in [1.29, 1.82) is 0 Å². The Hall–Kier alpha value is -2.88. The lowest BCUT2D eigenvalue weighted by molar-refractivity contribution is -0.126. The van der Waals surface area contributed by atoms with Crippen molar-refractivity contribution in [1.82, 2.24) is 9.88 Å². The van der Waals surface area contributed by atoms with Gasteiger partial charge in [0, 0.05) is 21.5 Å². The van der Waals surface area contributed by atoms with Crippen molar-refractivity contribution in [3.63, 3.8) is 0 Å². The minimum atomic E-state index is -0.675. The van der Waals surface area contributed by atoms with E-state index in [2.05, 4.69) is 10.6 Å². The fraction of sp³-hybridized carbons (Fsp3) is 0.217. The van der Waals surface area contributed by atoms with Crippen LogP contribution in [0.3, 0.4) is 0 Å². The quantitative estimate of drug-likeness (QED) is 0.536. The third kappa shape index (κ3) is 4.01. The zero-order valence-electron chi connectivity index (χ0n) is 17.3. The molecule has 0 saturated carbocycles. The molecule has 33 heavy (non-hydrogen) atoms. The molecule has 0 radical (unpaired) electrons. The van der Waals surface area contributed by atoms with E-state index in [4.69, 9.17) is 11.6 Å². The number of halogens is 1. The first-order chi connectivity index (χ1) is 15.8. The van der Waals surface area contributed by atoms with Crippen molar-refractivity contribution in [2.24, 2.45) is 5.92 Å². The van der Waals surface area contributed by atoms with Crippen LogP contribution in [0.5, 0.6) is 0 Å². The summed E-state index contributed by atoms with van der Waals surface area (Å²) in [5, 5.41) is 5.64. The average molecular weight is 500 g/mol. The summed E-state index contributed by atoms with van der Waals surface area (Å²) in [5.74, 6) is -2.20. The number of nitrogens with one attached hydrogen (secondary N) is 2. The number of hydrogen-bond donors (Lipinski definition) is 2. The Balaban J connectivity index is 1.52. The molecule has 3 aromatic rings. The van der Waals surface area contributed by atoms with Crippen LogP contribution in [-0.4, -0.2) is 27.5 Å². The summed E-state index contributed by atoms with van der Waals surface area (Å²) < 4.78 is 1.39. The number of fused-ring (bicyclic) bond motifs is 2. The number of aromatic nitrogens is 1. The van der Waals surface area contributed by atoms with E-state index in [-0.39, 0.29) is 29.1 Å². The lowest BCUT2D eigenvalue weighted by atomic mass is 9.83. The summed E-state index contributed by atoms with van der Waals surface area (Å²) in [4.78, 5) is 51.2. The zero-order valence-corrected chi connectivity index (χ0v) is 19.7. The Kier molecular flexibility index (Phi) is 5.64. The van der Waals surface area contributed by atoms with Gasteiger partial charge in [0.15, 0.2) is 0 Å². The number of hydrogen-bond acceptors (Lipinski definition) is 6. The van der Waals surface area contributed by atoms with Crippen molar-refractivity contribution >= 4 is 58.1 Å². The maximum atomic E-state index is 12.9. The lowest BCUT2D eigenvalue weighted by Crippen LogP contribution is -2.32. The summed E-state index contributed by atoms with van der Waals surface area (Å²) in [6.07, 6.45) is 0. The van der Waals surface area contributed by atoms with E-state index in [1.807, 2.05) is 19.1 Å². The Morgan fingerprint density at radius 3 is 2.45 bits per heavy atom. The SMILES string of the molecule is Cc1ccc(NC(=O)Cn2c3c(sc2=O)C(c2ccc(Cl)cc2)C2C(=O)NC(=O)C2S3)cc1. The maximum Gasteiger partial charge on any atom is 0.308 e. The molecule has 1 aromatic heterocycles. The molecule has 0 spiro atoms. The predicted molar refractivity (Wildman–Crippen MR) is 128 cm³/mol. The Labute approximate surface area is 202 Å². The van der Waals surface area contributed by atoms with Crippen molar-refractivity contribution in [3.05, 3.63) is 79.2 Å². The zero-order chi connectivity index (χ0) is 23.3. The fourth-order valence-corrected chi connectivity index (χ4v) is 7.05. The lowest BCUT2D eigenvalue weighted by Gasteiger charge is -2.30. The first-order valence-electron chi connectivity index (χ1n) is 10.2. The summed E-state index contributed by atoms with van der Waals surface area (Å²) in [7, 11) is 0. The monoisotopic (exact) mass is 499 g/mol. The fourth-order valence-electron chi connectivity index (χ4n) is 4.19. The van der Waals surface area contributed by atoms with E-state index < -0.39 is 17.1 Å². The van der Waals surface area contributed by atoms with Crippen LogP contribution in [-0.2, 0) is 20.9 Å². The molecule has 168 valence electrons. The number of rotatable bonds is 4. The van der Waals surface area contributed by atoms with Gasteiger partial charge in [0.1, 0.15) is 11.8 Å². The van der Waals surface area contributed by atoms with E-state index in [1.165, 1.54) is 16.3 Å². The molecular weight excluding hydrogens is 482 g/mol. The minimum absolute atomic E-state index is 0.189. The third-order valence-corrected chi connectivity index (χ3v) is 8.62. The van der Waals surface area contributed by atoms with E-state index in [0.717, 1.165) is 22.5 Å². The van der Waals surface area contributed by atoms with Crippen molar-refractivity contribution in [2.75, 3.05) is 5.32 Å². The molecule has 3 heterocycles. The molecule has 7 nitrogen and oxygen atoms in total. The highest BCUT2D eigenvalue weighted by atomic mass is 35.5. The van der Waals surface area contributed by atoms with Gasteiger partial charge in [-0.15, -0.1) is 0 Å². The number of carbonyl (C=O) groups is 3. The van der Waals surface area contributed by atoms with Crippen LogP contribution in [0.15, 0.2) is 58.4 Å². The molecule has 2 aliphatic rings. The number of aryl methyl sites for hydroxylation is 1. The summed E-state index contributed by atoms with van der Waals surface area (Å²) >= 11 is 8.22. The van der Waals surface area contributed by atoms with Crippen LogP contribution >= 0.6 is 34.7 Å². The Morgan fingerprint density at radius 1 is 1.06 bits per heavy atom. The van der Waals surface area contributed by atoms with Crippen molar-refractivity contribution in [3.8, 4) is 0 Å². The number of thiazole rings is 1. The average Bonchev–Trinajstić information content (AvgIpc) is 3.24. The summed E-state index contributed by atoms with van der Waals surface area (Å²) in [6.45, 7) is 1.76. The topological polar surface area (TPSA) is 97.3 Å².